The van der Waals surface area contributed by atoms with Crippen LogP contribution in [0.25, 0.3) is 0 Å². The zero-order chi connectivity index (χ0) is 13.7. The third kappa shape index (κ3) is 3.29. The maximum Gasteiger partial charge on any atom is 0.165 e. The first-order valence-corrected chi connectivity index (χ1v) is 6.18. The van der Waals surface area contributed by atoms with Crippen molar-refractivity contribution in [3.63, 3.8) is 0 Å². The van der Waals surface area contributed by atoms with Crippen molar-refractivity contribution in [1.29, 1.82) is 0 Å². The Hall–Kier alpha value is -1.94. The topological polar surface area (TPSA) is 48.1 Å². The molecule has 0 aliphatic heterocycles. The molecule has 19 heavy (non-hydrogen) atoms. The predicted molar refractivity (Wildman–Crippen MR) is 72.7 cm³/mol. The molecule has 1 aromatic heterocycles. The van der Waals surface area contributed by atoms with Gasteiger partial charge in [0.25, 0.3) is 0 Å². The number of methoxy groups -OCH3 is 1. The Labute approximate surface area is 112 Å². The SMILES string of the molecule is COc1ccc(C(CN)Cc2ccccn2)cc1F. The van der Waals surface area contributed by atoms with Crippen molar-refractivity contribution in [3.05, 3.63) is 59.7 Å². The highest BCUT2D eigenvalue weighted by Gasteiger charge is 2.14. The minimum Gasteiger partial charge on any atom is -0.494 e. The molecule has 0 aliphatic carbocycles. The van der Waals surface area contributed by atoms with Crippen LogP contribution >= 0.6 is 0 Å². The van der Waals surface area contributed by atoms with Crippen LogP contribution in [0, 0.1) is 5.82 Å². The van der Waals surface area contributed by atoms with Crippen LogP contribution in [0.2, 0.25) is 0 Å². The van der Waals surface area contributed by atoms with Crippen molar-refractivity contribution >= 4 is 0 Å². The highest BCUT2D eigenvalue weighted by molar-refractivity contribution is 5.32. The second kappa shape index (κ2) is 6.29. The van der Waals surface area contributed by atoms with Gasteiger partial charge in [-0.1, -0.05) is 12.1 Å². The zero-order valence-corrected chi connectivity index (χ0v) is 10.8. The molecule has 1 unspecified atom stereocenters. The predicted octanol–water partition coefficient (Wildman–Crippen LogP) is 2.51. The number of halogens is 1. The molecule has 2 rings (SSSR count). The van der Waals surface area contributed by atoms with Gasteiger partial charge in [-0.25, -0.2) is 4.39 Å². The largest absolute Gasteiger partial charge is 0.494 e. The molecule has 100 valence electrons. The van der Waals surface area contributed by atoms with E-state index in [0.717, 1.165) is 11.3 Å². The van der Waals surface area contributed by atoms with Gasteiger partial charge in [0.05, 0.1) is 7.11 Å². The van der Waals surface area contributed by atoms with Crippen LogP contribution < -0.4 is 10.5 Å². The molecule has 2 aromatic rings. The summed E-state index contributed by atoms with van der Waals surface area (Å²) < 4.78 is 18.6. The lowest BCUT2D eigenvalue weighted by atomic mass is 9.94. The van der Waals surface area contributed by atoms with E-state index in [1.807, 2.05) is 24.3 Å². The van der Waals surface area contributed by atoms with Crippen LogP contribution in [-0.4, -0.2) is 18.6 Å². The lowest BCUT2D eigenvalue weighted by Crippen LogP contribution is -2.15. The standard InChI is InChI=1S/C15H17FN2O/c1-19-15-6-5-11(9-14(15)16)12(10-17)8-13-4-2-3-7-18-13/h2-7,9,12H,8,10,17H2,1H3. The molecule has 1 heterocycles. The number of hydrogen-bond donors (Lipinski definition) is 1. The molecule has 0 radical (unpaired) electrons. The molecule has 4 heteroatoms. The average molecular weight is 260 g/mol. The van der Waals surface area contributed by atoms with Gasteiger partial charge in [-0.2, -0.15) is 0 Å². The van der Waals surface area contributed by atoms with Gasteiger partial charge in [-0.05, 0) is 42.8 Å². The highest BCUT2D eigenvalue weighted by Crippen LogP contribution is 2.24. The van der Waals surface area contributed by atoms with Crippen LogP contribution in [0.15, 0.2) is 42.6 Å². The quantitative estimate of drug-likeness (QED) is 0.898. The number of aromatic nitrogens is 1. The third-order valence-electron chi connectivity index (χ3n) is 3.11. The summed E-state index contributed by atoms with van der Waals surface area (Å²) in [6.07, 6.45) is 2.45. The van der Waals surface area contributed by atoms with E-state index in [1.54, 1.807) is 12.3 Å². The Morgan fingerprint density at radius 3 is 2.74 bits per heavy atom. The van der Waals surface area contributed by atoms with Gasteiger partial charge in [0.15, 0.2) is 11.6 Å². The Bertz CT molecular complexity index is 531. The smallest absolute Gasteiger partial charge is 0.165 e. The number of benzene rings is 1. The van der Waals surface area contributed by atoms with Crippen molar-refractivity contribution in [3.8, 4) is 5.75 Å². The van der Waals surface area contributed by atoms with Crippen LogP contribution in [-0.2, 0) is 6.42 Å². The Morgan fingerprint density at radius 1 is 1.32 bits per heavy atom. The first kappa shape index (κ1) is 13.5. The van der Waals surface area contributed by atoms with Gasteiger partial charge in [-0.3, -0.25) is 4.98 Å². The van der Waals surface area contributed by atoms with Gasteiger partial charge in [-0.15, -0.1) is 0 Å². The van der Waals surface area contributed by atoms with E-state index in [1.165, 1.54) is 13.2 Å². The Balaban J connectivity index is 2.20. The van der Waals surface area contributed by atoms with E-state index in [0.29, 0.717) is 13.0 Å². The number of ether oxygens (including phenoxy) is 1. The molecule has 0 saturated heterocycles. The second-order valence-corrected chi connectivity index (χ2v) is 4.35. The van der Waals surface area contributed by atoms with Crippen molar-refractivity contribution in [2.45, 2.75) is 12.3 Å². The molecule has 0 fully saturated rings. The molecule has 2 N–H and O–H groups in total. The molecule has 0 spiro atoms. The molecular formula is C15H17FN2O. The normalized spacial score (nSPS) is 12.2. The summed E-state index contributed by atoms with van der Waals surface area (Å²) in [7, 11) is 1.45. The Kier molecular flexibility index (Phi) is 4.47. The molecule has 0 saturated carbocycles. The van der Waals surface area contributed by atoms with E-state index in [-0.39, 0.29) is 17.5 Å². The van der Waals surface area contributed by atoms with Gasteiger partial charge < -0.3 is 10.5 Å². The van der Waals surface area contributed by atoms with Crippen molar-refractivity contribution in [2.24, 2.45) is 5.73 Å². The van der Waals surface area contributed by atoms with Crippen molar-refractivity contribution in [1.82, 2.24) is 4.98 Å². The van der Waals surface area contributed by atoms with E-state index in [4.69, 9.17) is 10.5 Å². The summed E-state index contributed by atoms with van der Waals surface area (Å²) in [6.45, 7) is 0.447. The summed E-state index contributed by atoms with van der Waals surface area (Å²) in [5.74, 6) is -0.0628. The summed E-state index contributed by atoms with van der Waals surface area (Å²) in [5, 5.41) is 0. The molecule has 0 aliphatic rings. The second-order valence-electron chi connectivity index (χ2n) is 4.35. The van der Waals surface area contributed by atoms with Gasteiger partial charge in [0, 0.05) is 17.8 Å². The Morgan fingerprint density at radius 2 is 2.16 bits per heavy atom. The molecule has 0 bridgehead atoms. The molecule has 3 nitrogen and oxygen atoms in total. The van der Waals surface area contributed by atoms with E-state index >= 15 is 0 Å². The van der Waals surface area contributed by atoms with E-state index in [9.17, 15) is 4.39 Å². The number of pyridine rings is 1. The fraction of sp³-hybridized carbons (Fsp3) is 0.267. The average Bonchev–Trinajstić information content (AvgIpc) is 2.46. The monoisotopic (exact) mass is 260 g/mol. The fourth-order valence-corrected chi connectivity index (χ4v) is 2.05. The molecule has 1 atom stereocenters. The van der Waals surface area contributed by atoms with Crippen LogP contribution in [0.5, 0.6) is 5.75 Å². The van der Waals surface area contributed by atoms with Gasteiger partial charge >= 0.3 is 0 Å². The summed E-state index contributed by atoms with van der Waals surface area (Å²) in [4.78, 5) is 4.27. The maximum atomic E-state index is 13.7. The highest BCUT2D eigenvalue weighted by atomic mass is 19.1. The number of hydrogen-bond acceptors (Lipinski definition) is 3. The van der Waals surface area contributed by atoms with Gasteiger partial charge in [0.1, 0.15) is 0 Å². The minimum absolute atomic E-state index is 0.0512. The van der Waals surface area contributed by atoms with Crippen molar-refractivity contribution < 1.29 is 9.13 Å². The minimum atomic E-state index is -0.362. The zero-order valence-electron chi connectivity index (χ0n) is 10.8. The molecule has 0 amide bonds. The fourth-order valence-electron chi connectivity index (χ4n) is 2.05. The maximum absolute atomic E-state index is 13.7. The lowest BCUT2D eigenvalue weighted by molar-refractivity contribution is 0.386. The van der Waals surface area contributed by atoms with Crippen LogP contribution in [0.3, 0.4) is 0 Å². The number of nitrogens with zero attached hydrogens (tertiary/aromatic N) is 1. The summed E-state index contributed by atoms with van der Waals surface area (Å²) in [5.41, 5.74) is 7.61. The first-order chi connectivity index (χ1) is 9.24. The molecular weight excluding hydrogens is 243 g/mol. The first-order valence-electron chi connectivity index (χ1n) is 6.18. The summed E-state index contributed by atoms with van der Waals surface area (Å²) >= 11 is 0. The van der Waals surface area contributed by atoms with Crippen LogP contribution in [0.1, 0.15) is 17.2 Å². The number of rotatable bonds is 5. The lowest BCUT2D eigenvalue weighted by Gasteiger charge is -2.15. The summed E-state index contributed by atoms with van der Waals surface area (Å²) in [6, 6.07) is 10.7. The van der Waals surface area contributed by atoms with E-state index < -0.39 is 0 Å². The number of nitrogens with two attached hydrogens (primary N) is 1. The van der Waals surface area contributed by atoms with E-state index in [2.05, 4.69) is 4.98 Å². The molecule has 1 aromatic carbocycles. The van der Waals surface area contributed by atoms with Crippen LogP contribution in [0.4, 0.5) is 4.39 Å². The van der Waals surface area contributed by atoms with Gasteiger partial charge in [0.2, 0.25) is 0 Å². The van der Waals surface area contributed by atoms with Crippen molar-refractivity contribution in [2.75, 3.05) is 13.7 Å². The third-order valence-corrected chi connectivity index (χ3v) is 3.11.